The molecule has 1 atom stereocenters. The summed E-state index contributed by atoms with van der Waals surface area (Å²) in [6, 6.07) is 16.7. The molecule has 1 nitrogen and oxygen atoms in total. The van der Waals surface area contributed by atoms with Gasteiger partial charge in [0.05, 0.1) is 0 Å². The minimum atomic E-state index is -0.382. The van der Waals surface area contributed by atoms with Gasteiger partial charge >= 0.3 is 0 Å². The molecule has 18 heavy (non-hydrogen) atoms. The van der Waals surface area contributed by atoms with Crippen LogP contribution in [0, 0.1) is 6.92 Å². The van der Waals surface area contributed by atoms with Gasteiger partial charge in [-0.2, -0.15) is 0 Å². The molecule has 0 bridgehead atoms. The Kier molecular flexibility index (Phi) is 2.90. The molecule has 0 aromatic heterocycles. The number of fused-ring (bicyclic) bond motifs is 1. The third-order valence-corrected chi connectivity index (χ3v) is 4.49. The topological polar surface area (TPSA) is 9.23 Å². The molecule has 1 unspecified atom stereocenters. The fourth-order valence-corrected chi connectivity index (χ4v) is 3.33. The molecular formula is C16H15BrO. The van der Waals surface area contributed by atoms with Crippen molar-refractivity contribution in [3.8, 4) is 5.75 Å². The van der Waals surface area contributed by atoms with Crippen molar-refractivity contribution in [2.24, 2.45) is 0 Å². The molecule has 0 saturated carbocycles. The summed E-state index contributed by atoms with van der Waals surface area (Å²) >= 11 is 3.80. The van der Waals surface area contributed by atoms with Crippen LogP contribution in [0.25, 0.3) is 0 Å². The van der Waals surface area contributed by atoms with Gasteiger partial charge in [0.15, 0.2) is 4.51 Å². The molecule has 1 aliphatic rings. The van der Waals surface area contributed by atoms with E-state index in [-0.39, 0.29) is 4.51 Å². The Hall–Kier alpha value is -1.28. The van der Waals surface area contributed by atoms with Crippen LogP contribution >= 0.6 is 15.9 Å². The van der Waals surface area contributed by atoms with Gasteiger partial charge in [-0.3, -0.25) is 0 Å². The van der Waals surface area contributed by atoms with E-state index in [2.05, 4.69) is 59.3 Å². The highest BCUT2D eigenvalue weighted by Crippen LogP contribution is 2.44. The average molecular weight is 303 g/mol. The van der Waals surface area contributed by atoms with Gasteiger partial charge in [0, 0.05) is 12.0 Å². The molecule has 2 heteroatoms. The number of alkyl halides is 1. The first kappa shape index (κ1) is 11.8. The summed E-state index contributed by atoms with van der Waals surface area (Å²) in [5, 5.41) is 0. The average Bonchev–Trinajstić information content (AvgIpc) is 2.39. The van der Waals surface area contributed by atoms with Crippen LogP contribution < -0.4 is 4.74 Å². The van der Waals surface area contributed by atoms with Crippen LogP contribution in [0.15, 0.2) is 48.5 Å². The van der Waals surface area contributed by atoms with Crippen LogP contribution in [0.3, 0.4) is 0 Å². The maximum absolute atomic E-state index is 6.20. The number of hydrogen-bond acceptors (Lipinski definition) is 1. The summed E-state index contributed by atoms with van der Waals surface area (Å²) < 4.78 is 5.82. The monoisotopic (exact) mass is 302 g/mol. The fourth-order valence-electron chi connectivity index (χ4n) is 2.51. The summed E-state index contributed by atoms with van der Waals surface area (Å²) in [5.74, 6) is 0.990. The molecule has 0 fully saturated rings. The van der Waals surface area contributed by atoms with Gasteiger partial charge in [-0.15, -0.1) is 0 Å². The predicted octanol–water partition coefficient (Wildman–Crippen LogP) is 4.57. The van der Waals surface area contributed by atoms with E-state index in [1.54, 1.807) is 0 Å². The van der Waals surface area contributed by atoms with Crippen molar-refractivity contribution in [2.75, 3.05) is 0 Å². The van der Waals surface area contributed by atoms with Crippen LogP contribution in [-0.4, -0.2) is 0 Å². The van der Waals surface area contributed by atoms with Crippen LogP contribution in [0.1, 0.15) is 23.1 Å². The van der Waals surface area contributed by atoms with Crippen molar-refractivity contribution in [3.05, 3.63) is 65.2 Å². The van der Waals surface area contributed by atoms with E-state index >= 15 is 0 Å². The number of aryl methyl sites for hydroxylation is 2. The Morgan fingerprint density at radius 2 is 1.78 bits per heavy atom. The van der Waals surface area contributed by atoms with Crippen molar-refractivity contribution in [3.63, 3.8) is 0 Å². The van der Waals surface area contributed by atoms with Crippen LogP contribution in [0.4, 0.5) is 0 Å². The molecule has 0 spiro atoms. The lowest BCUT2D eigenvalue weighted by Crippen LogP contribution is -2.31. The quantitative estimate of drug-likeness (QED) is 0.701. The molecule has 3 rings (SSSR count). The van der Waals surface area contributed by atoms with Gasteiger partial charge in [0.1, 0.15) is 5.75 Å². The second kappa shape index (κ2) is 4.43. The maximum atomic E-state index is 6.20. The van der Waals surface area contributed by atoms with Gasteiger partial charge < -0.3 is 4.74 Å². The molecule has 92 valence electrons. The lowest BCUT2D eigenvalue weighted by atomic mass is 9.95. The third-order valence-electron chi connectivity index (χ3n) is 3.51. The summed E-state index contributed by atoms with van der Waals surface area (Å²) in [7, 11) is 0. The van der Waals surface area contributed by atoms with E-state index in [1.165, 1.54) is 16.7 Å². The zero-order valence-electron chi connectivity index (χ0n) is 10.3. The maximum Gasteiger partial charge on any atom is 0.189 e. The van der Waals surface area contributed by atoms with Crippen LogP contribution in [0.2, 0.25) is 0 Å². The Morgan fingerprint density at radius 1 is 1.06 bits per heavy atom. The Balaban J connectivity index is 2.02. The van der Waals surface area contributed by atoms with Gasteiger partial charge in [-0.25, -0.2) is 0 Å². The molecular weight excluding hydrogens is 288 g/mol. The SMILES string of the molecule is Cc1ccccc1C1(Br)CCc2ccccc2O1. The first-order valence-corrected chi connectivity index (χ1v) is 7.00. The van der Waals surface area contributed by atoms with E-state index < -0.39 is 0 Å². The number of benzene rings is 2. The molecule has 0 amide bonds. The van der Waals surface area contributed by atoms with Crippen LogP contribution in [0.5, 0.6) is 5.75 Å². The minimum absolute atomic E-state index is 0.382. The molecule has 2 aromatic carbocycles. The van der Waals surface area contributed by atoms with Crippen molar-refractivity contribution < 1.29 is 4.74 Å². The number of ether oxygens (including phenoxy) is 1. The lowest BCUT2D eigenvalue weighted by molar-refractivity contribution is 0.146. The van der Waals surface area contributed by atoms with Crippen molar-refractivity contribution in [2.45, 2.75) is 24.3 Å². The Labute approximate surface area is 116 Å². The molecule has 0 saturated heterocycles. The first-order valence-electron chi connectivity index (χ1n) is 6.21. The molecule has 1 aliphatic heterocycles. The number of para-hydroxylation sites is 1. The largest absolute Gasteiger partial charge is 0.471 e. The number of halogens is 1. The van der Waals surface area contributed by atoms with Gasteiger partial charge in [-0.1, -0.05) is 42.5 Å². The van der Waals surface area contributed by atoms with E-state index in [4.69, 9.17) is 4.74 Å². The second-order valence-electron chi connectivity index (χ2n) is 4.75. The summed E-state index contributed by atoms with van der Waals surface area (Å²) in [4.78, 5) is 0. The third kappa shape index (κ3) is 1.95. The zero-order valence-corrected chi connectivity index (χ0v) is 11.9. The fraction of sp³-hybridized carbons (Fsp3) is 0.250. The number of hydrogen-bond donors (Lipinski definition) is 0. The van der Waals surface area contributed by atoms with Gasteiger partial charge in [-0.05, 0) is 46.5 Å². The lowest BCUT2D eigenvalue weighted by Gasteiger charge is -2.35. The van der Waals surface area contributed by atoms with Crippen molar-refractivity contribution >= 4 is 15.9 Å². The predicted molar refractivity (Wildman–Crippen MR) is 77.2 cm³/mol. The van der Waals surface area contributed by atoms with Crippen molar-refractivity contribution in [1.29, 1.82) is 0 Å². The summed E-state index contributed by atoms with van der Waals surface area (Å²) in [5.41, 5.74) is 3.77. The van der Waals surface area contributed by atoms with E-state index in [0.29, 0.717) is 0 Å². The summed E-state index contributed by atoms with van der Waals surface area (Å²) in [6.45, 7) is 2.13. The summed E-state index contributed by atoms with van der Waals surface area (Å²) in [6.07, 6.45) is 1.99. The van der Waals surface area contributed by atoms with E-state index in [9.17, 15) is 0 Å². The molecule has 2 aromatic rings. The minimum Gasteiger partial charge on any atom is -0.471 e. The van der Waals surface area contributed by atoms with E-state index in [0.717, 1.165) is 18.6 Å². The normalized spacial score (nSPS) is 22.1. The smallest absolute Gasteiger partial charge is 0.189 e. The molecule has 1 heterocycles. The van der Waals surface area contributed by atoms with Gasteiger partial charge in [0.2, 0.25) is 0 Å². The molecule has 0 N–H and O–H groups in total. The van der Waals surface area contributed by atoms with Gasteiger partial charge in [0.25, 0.3) is 0 Å². The second-order valence-corrected chi connectivity index (χ2v) is 6.03. The molecule has 0 radical (unpaired) electrons. The van der Waals surface area contributed by atoms with Crippen LogP contribution in [-0.2, 0) is 10.9 Å². The van der Waals surface area contributed by atoms with E-state index in [1.807, 2.05) is 12.1 Å². The Bertz CT molecular complexity index is 579. The Morgan fingerprint density at radius 3 is 2.61 bits per heavy atom. The highest BCUT2D eigenvalue weighted by atomic mass is 79.9. The zero-order chi connectivity index (χ0) is 12.6. The highest BCUT2D eigenvalue weighted by Gasteiger charge is 2.36. The standard InChI is InChI=1S/C16H15BrO/c1-12-6-2-4-8-14(12)16(17)11-10-13-7-3-5-9-15(13)18-16/h2-9H,10-11H2,1H3. The molecule has 0 aliphatic carbocycles. The van der Waals surface area contributed by atoms with Crippen molar-refractivity contribution in [1.82, 2.24) is 0 Å². The highest BCUT2D eigenvalue weighted by molar-refractivity contribution is 9.09. The number of rotatable bonds is 1. The first-order chi connectivity index (χ1) is 8.69.